The highest BCUT2D eigenvalue weighted by Gasteiger charge is 2.14. The number of nitrogens with one attached hydrogen (secondary N) is 1. The van der Waals surface area contributed by atoms with Crippen molar-refractivity contribution in [3.63, 3.8) is 0 Å². The van der Waals surface area contributed by atoms with Gasteiger partial charge in [0.25, 0.3) is 5.91 Å². The second-order valence-electron chi connectivity index (χ2n) is 8.32. The van der Waals surface area contributed by atoms with Crippen LogP contribution in [0.4, 0.5) is 0 Å². The van der Waals surface area contributed by atoms with E-state index >= 15 is 0 Å². The first-order valence-electron chi connectivity index (χ1n) is 10.3. The summed E-state index contributed by atoms with van der Waals surface area (Å²) in [6.07, 6.45) is 1.56. The van der Waals surface area contributed by atoms with Crippen molar-refractivity contribution in [1.82, 2.24) is 5.43 Å². The Labute approximate surface area is 197 Å². The van der Waals surface area contributed by atoms with Gasteiger partial charge in [-0.25, -0.2) is 5.43 Å². The first-order chi connectivity index (χ1) is 15.3. The fraction of sp³-hybridized carbons (Fsp3) is 0.231. The summed E-state index contributed by atoms with van der Waals surface area (Å²) < 4.78 is 12.5. The summed E-state index contributed by atoms with van der Waals surface area (Å²) in [6.45, 7) is 6.78. The predicted octanol–water partition coefficient (Wildman–Crippen LogP) is 6.10. The lowest BCUT2D eigenvalue weighted by Gasteiger charge is -2.18. The number of amides is 1. The van der Waals surface area contributed by atoms with Crippen LogP contribution in [0.5, 0.6) is 11.5 Å². The first-order valence-corrected chi connectivity index (χ1v) is 11.1. The van der Waals surface area contributed by atoms with Crippen LogP contribution >= 0.6 is 15.9 Å². The van der Waals surface area contributed by atoms with Crippen LogP contribution in [0.2, 0.25) is 0 Å². The third kappa shape index (κ3) is 6.20. The lowest BCUT2D eigenvalue weighted by molar-refractivity contribution is 0.0955. The van der Waals surface area contributed by atoms with Gasteiger partial charge in [0.1, 0.15) is 6.61 Å². The highest BCUT2D eigenvalue weighted by atomic mass is 79.9. The lowest BCUT2D eigenvalue weighted by Crippen LogP contribution is -2.18. The summed E-state index contributed by atoms with van der Waals surface area (Å²) in [7, 11) is 1.59. The van der Waals surface area contributed by atoms with E-state index < -0.39 is 0 Å². The van der Waals surface area contributed by atoms with Gasteiger partial charge in [0, 0.05) is 15.6 Å². The van der Waals surface area contributed by atoms with Crippen LogP contribution in [-0.2, 0) is 12.0 Å². The molecule has 0 aromatic heterocycles. The molecule has 1 N–H and O–H groups in total. The molecule has 0 atom stereocenters. The minimum Gasteiger partial charge on any atom is -0.493 e. The summed E-state index contributed by atoms with van der Waals surface area (Å²) in [5, 5.41) is 4.13. The molecule has 0 saturated heterocycles. The molecule has 0 spiro atoms. The van der Waals surface area contributed by atoms with Gasteiger partial charge in [0.15, 0.2) is 11.5 Å². The third-order valence-corrected chi connectivity index (χ3v) is 5.44. The van der Waals surface area contributed by atoms with Crippen molar-refractivity contribution in [2.24, 2.45) is 5.10 Å². The van der Waals surface area contributed by atoms with Gasteiger partial charge in [-0.15, -0.1) is 0 Å². The molecule has 3 rings (SSSR count). The van der Waals surface area contributed by atoms with Crippen LogP contribution in [0.3, 0.4) is 0 Å². The number of benzene rings is 3. The SMILES string of the molecule is COc1cccc(/C=N/NC(=O)c2ccc(C(C)(C)C)cc2)c1OCc1ccc(Br)cc1. The molecule has 0 radical (unpaired) electrons. The van der Waals surface area contributed by atoms with Crippen LogP contribution in [0.15, 0.2) is 76.3 Å². The normalized spacial score (nSPS) is 11.4. The van der Waals surface area contributed by atoms with Gasteiger partial charge in [0.2, 0.25) is 0 Å². The van der Waals surface area contributed by atoms with Crippen molar-refractivity contribution in [3.8, 4) is 11.5 Å². The number of methoxy groups -OCH3 is 1. The zero-order chi connectivity index (χ0) is 23.1. The zero-order valence-electron chi connectivity index (χ0n) is 18.7. The van der Waals surface area contributed by atoms with Crippen molar-refractivity contribution in [2.45, 2.75) is 32.8 Å². The van der Waals surface area contributed by atoms with Gasteiger partial charge < -0.3 is 9.47 Å². The highest BCUT2D eigenvalue weighted by molar-refractivity contribution is 9.10. The topological polar surface area (TPSA) is 59.9 Å². The van der Waals surface area contributed by atoms with Gasteiger partial charge >= 0.3 is 0 Å². The molecule has 3 aromatic rings. The number of ether oxygens (including phenoxy) is 2. The van der Waals surface area contributed by atoms with E-state index in [-0.39, 0.29) is 11.3 Å². The number of nitrogens with zero attached hydrogens (tertiary/aromatic N) is 1. The van der Waals surface area contributed by atoms with Crippen molar-refractivity contribution >= 4 is 28.1 Å². The molecule has 0 heterocycles. The second-order valence-corrected chi connectivity index (χ2v) is 9.24. The molecular weight excluding hydrogens is 468 g/mol. The Morgan fingerprint density at radius 2 is 1.72 bits per heavy atom. The number of carbonyl (C=O) groups excluding carboxylic acids is 1. The minimum absolute atomic E-state index is 0.0339. The Balaban J connectivity index is 1.70. The number of rotatable bonds is 7. The number of para-hydroxylation sites is 1. The molecule has 0 aliphatic heterocycles. The molecule has 0 aliphatic rings. The molecule has 0 aliphatic carbocycles. The smallest absolute Gasteiger partial charge is 0.271 e. The number of carbonyl (C=O) groups is 1. The monoisotopic (exact) mass is 494 g/mol. The van der Waals surface area contributed by atoms with E-state index in [1.165, 1.54) is 5.56 Å². The standard InChI is InChI=1S/C26H27BrN2O3/c1-26(2,3)21-12-10-19(11-13-21)25(30)29-28-16-20-6-5-7-23(31-4)24(20)32-17-18-8-14-22(27)15-9-18/h5-16H,17H2,1-4H3,(H,29,30)/b28-16+. The Morgan fingerprint density at radius 3 is 2.34 bits per heavy atom. The van der Waals surface area contributed by atoms with E-state index in [0.29, 0.717) is 29.2 Å². The van der Waals surface area contributed by atoms with Crippen LogP contribution in [0.1, 0.15) is 47.8 Å². The molecule has 1 amide bonds. The number of hydrogen-bond acceptors (Lipinski definition) is 4. The Bertz CT molecular complexity index is 1090. The van der Waals surface area contributed by atoms with Gasteiger partial charge in [-0.3, -0.25) is 4.79 Å². The minimum atomic E-state index is -0.276. The lowest BCUT2D eigenvalue weighted by atomic mass is 9.87. The van der Waals surface area contributed by atoms with Gasteiger partial charge in [-0.05, 0) is 52.9 Å². The van der Waals surface area contributed by atoms with Crippen molar-refractivity contribution < 1.29 is 14.3 Å². The quantitative estimate of drug-likeness (QED) is 0.318. The van der Waals surface area contributed by atoms with Crippen molar-refractivity contribution in [3.05, 3.63) is 93.5 Å². The molecule has 6 heteroatoms. The van der Waals surface area contributed by atoms with E-state index in [2.05, 4.69) is 47.2 Å². The Kier molecular flexibility index (Phi) is 7.70. The second kappa shape index (κ2) is 10.5. The number of halogens is 1. The van der Waals surface area contributed by atoms with E-state index in [0.717, 1.165) is 10.0 Å². The molecule has 0 unspecified atom stereocenters. The zero-order valence-corrected chi connectivity index (χ0v) is 20.3. The summed E-state index contributed by atoms with van der Waals surface area (Å²) in [5.41, 5.74) is 6.05. The summed E-state index contributed by atoms with van der Waals surface area (Å²) in [6, 6.07) is 21.0. The third-order valence-electron chi connectivity index (χ3n) is 4.91. The summed E-state index contributed by atoms with van der Waals surface area (Å²) in [4.78, 5) is 12.5. The first kappa shape index (κ1) is 23.5. The maximum atomic E-state index is 12.5. The van der Waals surface area contributed by atoms with Crippen LogP contribution in [0, 0.1) is 0 Å². The molecule has 3 aromatic carbocycles. The van der Waals surface area contributed by atoms with Crippen LogP contribution in [-0.4, -0.2) is 19.2 Å². The van der Waals surface area contributed by atoms with Gasteiger partial charge in [-0.1, -0.05) is 67.0 Å². The average molecular weight is 495 g/mol. The van der Waals surface area contributed by atoms with Crippen molar-refractivity contribution in [2.75, 3.05) is 7.11 Å². The van der Waals surface area contributed by atoms with Crippen molar-refractivity contribution in [1.29, 1.82) is 0 Å². The van der Waals surface area contributed by atoms with E-state index in [1.54, 1.807) is 13.3 Å². The number of hydrogen-bond donors (Lipinski definition) is 1. The maximum Gasteiger partial charge on any atom is 0.271 e. The molecule has 5 nitrogen and oxygen atoms in total. The van der Waals surface area contributed by atoms with Gasteiger partial charge in [-0.2, -0.15) is 5.10 Å². The van der Waals surface area contributed by atoms with E-state index in [1.807, 2.05) is 66.7 Å². The maximum absolute atomic E-state index is 12.5. The molecule has 166 valence electrons. The largest absolute Gasteiger partial charge is 0.493 e. The Morgan fingerprint density at radius 1 is 1.03 bits per heavy atom. The molecule has 0 bridgehead atoms. The molecule has 32 heavy (non-hydrogen) atoms. The van der Waals surface area contributed by atoms with Gasteiger partial charge in [0.05, 0.1) is 13.3 Å². The Hall–Kier alpha value is -3.12. The summed E-state index contributed by atoms with van der Waals surface area (Å²) >= 11 is 3.43. The molecule has 0 fully saturated rings. The fourth-order valence-electron chi connectivity index (χ4n) is 3.03. The molecular formula is C26H27BrN2O3. The fourth-order valence-corrected chi connectivity index (χ4v) is 3.30. The predicted molar refractivity (Wildman–Crippen MR) is 132 cm³/mol. The van der Waals surface area contributed by atoms with E-state index in [4.69, 9.17) is 9.47 Å². The average Bonchev–Trinajstić information content (AvgIpc) is 2.78. The van der Waals surface area contributed by atoms with Crippen LogP contribution < -0.4 is 14.9 Å². The summed E-state index contributed by atoms with van der Waals surface area (Å²) in [5.74, 6) is 0.877. The van der Waals surface area contributed by atoms with E-state index in [9.17, 15) is 4.79 Å². The highest BCUT2D eigenvalue weighted by Crippen LogP contribution is 2.31. The number of hydrazone groups is 1. The molecule has 0 saturated carbocycles. The van der Waals surface area contributed by atoms with Crippen LogP contribution in [0.25, 0.3) is 0 Å².